The van der Waals surface area contributed by atoms with Crippen molar-refractivity contribution in [3.63, 3.8) is 0 Å². The standard InChI is InChI=1S/C13H11ClFNO/c1-8-5-9(16)7-10(6-8)17-12-4-2-3-11(14)13(12)15/h2-7H,16H2,1H3. The SMILES string of the molecule is Cc1cc(N)cc(Oc2cccc(Cl)c2F)c1. The van der Waals surface area contributed by atoms with Crippen molar-refractivity contribution < 1.29 is 9.13 Å². The first-order chi connectivity index (χ1) is 8.06. The van der Waals surface area contributed by atoms with Gasteiger partial charge in [-0.15, -0.1) is 0 Å². The molecule has 0 aliphatic rings. The summed E-state index contributed by atoms with van der Waals surface area (Å²) in [5.74, 6) is 0.000380. The lowest BCUT2D eigenvalue weighted by atomic mass is 10.2. The topological polar surface area (TPSA) is 35.2 Å². The van der Waals surface area contributed by atoms with Crippen LogP contribution < -0.4 is 10.5 Å². The summed E-state index contributed by atoms with van der Waals surface area (Å²) < 4.78 is 19.0. The van der Waals surface area contributed by atoms with Crippen LogP contribution >= 0.6 is 11.6 Å². The molecule has 0 saturated heterocycles. The molecule has 88 valence electrons. The number of anilines is 1. The van der Waals surface area contributed by atoms with Crippen LogP contribution in [0, 0.1) is 12.7 Å². The van der Waals surface area contributed by atoms with Gasteiger partial charge in [-0.25, -0.2) is 4.39 Å². The quantitative estimate of drug-likeness (QED) is 0.814. The van der Waals surface area contributed by atoms with E-state index in [1.165, 1.54) is 12.1 Å². The molecule has 0 aromatic heterocycles. The van der Waals surface area contributed by atoms with Crippen LogP contribution in [0.2, 0.25) is 5.02 Å². The molecule has 0 atom stereocenters. The largest absolute Gasteiger partial charge is 0.454 e. The molecule has 0 fully saturated rings. The van der Waals surface area contributed by atoms with Gasteiger partial charge in [0.2, 0.25) is 0 Å². The van der Waals surface area contributed by atoms with E-state index in [1.807, 2.05) is 6.92 Å². The lowest BCUT2D eigenvalue weighted by Crippen LogP contribution is -1.92. The molecule has 0 aliphatic carbocycles. The normalized spacial score (nSPS) is 10.3. The van der Waals surface area contributed by atoms with E-state index >= 15 is 0 Å². The second-order valence-electron chi connectivity index (χ2n) is 3.73. The average Bonchev–Trinajstić information content (AvgIpc) is 2.23. The fraction of sp³-hybridized carbons (Fsp3) is 0.0769. The van der Waals surface area contributed by atoms with E-state index in [-0.39, 0.29) is 10.8 Å². The molecule has 2 aromatic carbocycles. The third-order valence-corrected chi connectivity index (χ3v) is 2.51. The van der Waals surface area contributed by atoms with Gasteiger partial charge in [-0.1, -0.05) is 17.7 Å². The van der Waals surface area contributed by atoms with Gasteiger partial charge in [0.15, 0.2) is 11.6 Å². The first-order valence-electron chi connectivity index (χ1n) is 5.05. The molecule has 0 spiro atoms. The summed E-state index contributed by atoms with van der Waals surface area (Å²) in [7, 11) is 0. The second kappa shape index (κ2) is 4.63. The average molecular weight is 252 g/mol. The third-order valence-electron chi connectivity index (χ3n) is 2.22. The zero-order chi connectivity index (χ0) is 12.4. The number of aryl methyl sites for hydroxylation is 1. The molecule has 0 amide bonds. The molecule has 0 radical (unpaired) electrons. The Labute approximate surface area is 104 Å². The molecule has 4 heteroatoms. The van der Waals surface area contributed by atoms with Crippen molar-refractivity contribution in [2.24, 2.45) is 0 Å². The van der Waals surface area contributed by atoms with Crippen LogP contribution in [0.3, 0.4) is 0 Å². The summed E-state index contributed by atoms with van der Waals surface area (Å²) in [6.45, 7) is 1.89. The van der Waals surface area contributed by atoms with Gasteiger partial charge in [0.05, 0.1) is 5.02 Å². The first-order valence-corrected chi connectivity index (χ1v) is 5.43. The minimum absolute atomic E-state index is 0.0307. The summed E-state index contributed by atoms with van der Waals surface area (Å²) in [5.41, 5.74) is 7.20. The van der Waals surface area contributed by atoms with E-state index in [4.69, 9.17) is 22.1 Å². The monoisotopic (exact) mass is 251 g/mol. The zero-order valence-corrected chi connectivity index (χ0v) is 9.96. The van der Waals surface area contributed by atoms with Crippen molar-refractivity contribution in [3.8, 4) is 11.5 Å². The van der Waals surface area contributed by atoms with E-state index in [2.05, 4.69) is 0 Å². The Kier molecular flexibility index (Phi) is 3.20. The highest BCUT2D eigenvalue weighted by atomic mass is 35.5. The summed E-state index contributed by atoms with van der Waals surface area (Å²) in [6, 6.07) is 9.82. The molecular formula is C13H11ClFNO. The van der Waals surface area contributed by atoms with E-state index in [1.54, 1.807) is 24.3 Å². The fourth-order valence-electron chi connectivity index (χ4n) is 1.53. The molecule has 0 unspecified atom stereocenters. The Balaban J connectivity index is 2.34. The van der Waals surface area contributed by atoms with Crippen molar-refractivity contribution in [3.05, 3.63) is 52.8 Å². The Hall–Kier alpha value is -1.74. The van der Waals surface area contributed by atoms with Gasteiger partial charge in [-0.3, -0.25) is 0 Å². The lowest BCUT2D eigenvalue weighted by Gasteiger charge is -2.09. The maximum Gasteiger partial charge on any atom is 0.184 e. The van der Waals surface area contributed by atoms with Gasteiger partial charge < -0.3 is 10.5 Å². The molecule has 0 saturated carbocycles. The van der Waals surface area contributed by atoms with Gasteiger partial charge >= 0.3 is 0 Å². The molecule has 0 heterocycles. The summed E-state index contributed by atoms with van der Waals surface area (Å²) in [6.07, 6.45) is 0. The number of hydrogen-bond donors (Lipinski definition) is 1. The molecule has 2 aromatic rings. The molecule has 2 nitrogen and oxygen atoms in total. The maximum absolute atomic E-state index is 13.6. The smallest absolute Gasteiger partial charge is 0.184 e. The number of hydrogen-bond acceptors (Lipinski definition) is 2. The van der Waals surface area contributed by atoms with Crippen LogP contribution in [0.1, 0.15) is 5.56 Å². The van der Waals surface area contributed by atoms with Gasteiger partial charge in [-0.2, -0.15) is 0 Å². The van der Waals surface area contributed by atoms with E-state index in [0.717, 1.165) is 5.56 Å². The molecule has 0 bridgehead atoms. The fourth-order valence-corrected chi connectivity index (χ4v) is 1.69. The Morgan fingerprint density at radius 1 is 1.24 bits per heavy atom. The van der Waals surface area contributed by atoms with Crippen molar-refractivity contribution >= 4 is 17.3 Å². The van der Waals surface area contributed by atoms with Crippen molar-refractivity contribution in [1.29, 1.82) is 0 Å². The van der Waals surface area contributed by atoms with E-state index in [9.17, 15) is 4.39 Å². The molecule has 2 rings (SSSR count). The Bertz CT molecular complexity index is 537. The highest BCUT2D eigenvalue weighted by molar-refractivity contribution is 6.30. The van der Waals surface area contributed by atoms with Crippen molar-refractivity contribution in [2.75, 3.05) is 5.73 Å². The molecule has 0 aliphatic heterocycles. The predicted molar refractivity (Wildman–Crippen MR) is 67.1 cm³/mol. The minimum Gasteiger partial charge on any atom is -0.454 e. The van der Waals surface area contributed by atoms with Gasteiger partial charge in [-0.05, 0) is 36.8 Å². The lowest BCUT2D eigenvalue weighted by molar-refractivity contribution is 0.442. The highest BCUT2D eigenvalue weighted by Crippen LogP contribution is 2.30. The summed E-state index contributed by atoms with van der Waals surface area (Å²) >= 11 is 5.66. The molecule has 17 heavy (non-hydrogen) atoms. The Morgan fingerprint density at radius 3 is 2.71 bits per heavy atom. The van der Waals surface area contributed by atoms with Crippen LogP contribution in [-0.4, -0.2) is 0 Å². The number of halogens is 2. The van der Waals surface area contributed by atoms with Gasteiger partial charge in [0.1, 0.15) is 5.75 Å². The predicted octanol–water partition coefficient (Wildman–Crippen LogP) is 4.16. The third kappa shape index (κ3) is 2.68. The number of rotatable bonds is 2. The van der Waals surface area contributed by atoms with E-state index in [0.29, 0.717) is 11.4 Å². The second-order valence-corrected chi connectivity index (χ2v) is 4.14. The first kappa shape index (κ1) is 11.7. The van der Waals surface area contributed by atoms with Gasteiger partial charge in [0.25, 0.3) is 0 Å². The van der Waals surface area contributed by atoms with Crippen LogP contribution in [0.4, 0.5) is 10.1 Å². The van der Waals surface area contributed by atoms with Crippen LogP contribution in [0.5, 0.6) is 11.5 Å². The summed E-state index contributed by atoms with van der Waals surface area (Å²) in [4.78, 5) is 0. The number of nitrogen functional groups attached to an aromatic ring is 1. The van der Waals surface area contributed by atoms with Crippen LogP contribution in [0.25, 0.3) is 0 Å². The maximum atomic E-state index is 13.6. The van der Waals surface area contributed by atoms with Crippen molar-refractivity contribution in [2.45, 2.75) is 6.92 Å². The molecular weight excluding hydrogens is 241 g/mol. The van der Waals surface area contributed by atoms with Crippen LogP contribution in [0.15, 0.2) is 36.4 Å². The van der Waals surface area contributed by atoms with E-state index < -0.39 is 5.82 Å². The minimum atomic E-state index is -0.575. The van der Waals surface area contributed by atoms with Crippen LogP contribution in [-0.2, 0) is 0 Å². The zero-order valence-electron chi connectivity index (χ0n) is 9.21. The van der Waals surface area contributed by atoms with Gasteiger partial charge in [0, 0.05) is 11.8 Å². The highest BCUT2D eigenvalue weighted by Gasteiger charge is 2.08. The number of ether oxygens (including phenoxy) is 1. The number of nitrogens with two attached hydrogens (primary N) is 1. The number of benzene rings is 2. The summed E-state index contributed by atoms with van der Waals surface area (Å²) in [5, 5.41) is 0.0307. The molecule has 2 N–H and O–H groups in total. The van der Waals surface area contributed by atoms with Crippen molar-refractivity contribution in [1.82, 2.24) is 0 Å². The Morgan fingerprint density at radius 2 is 2.00 bits per heavy atom.